The van der Waals surface area contributed by atoms with Gasteiger partial charge in [-0.05, 0) is 70.2 Å². The Kier molecular flexibility index (Phi) is 10.1. The zero-order valence-corrected chi connectivity index (χ0v) is 29.2. The lowest BCUT2D eigenvalue weighted by Gasteiger charge is -2.50. The number of nitrogens with zero attached hydrogens (tertiary/aromatic N) is 3. The first-order valence-electron chi connectivity index (χ1n) is 15.4. The smallest absolute Gasteiger partial charge is 0.418 e. The van der Waals surface area contributed by atoms with Gasteiger partial charge in [-0.15, -0.1) is 15.6 Å². The van der Waals surface area contributed by atoms with Gasteiger partial charge in [0.25, 0.3) is 17.4 Å². The van der Waals surface area contributed by atoms with E-state index in [0.717, 1.165) is 11.3 Å². The molecular weight excluding hydrogens is 716 g/mol. The molecule has 1 aromatic heterocycles. The minimum atomic E-state index is -5.05. The second-order valence-corrected chi connectivity index (χ2v) is 15.1. The Labute approximate surface area is 295 Å². The highest BCUT2D eigenvalue weighted by molar-refractivity contribution is 7.80. The van der Waals surface area contributed by atoms with Crippen LogP contribution in [0.3, 0.4) is 0 Å². The van der Waals surface area contributed by atoms with Crippen LogP contribution in [0, 0.1) is 5.41 Å². The van der Waals surface area contributed by atoms with Gasteiger partial charge in [0, 0.05) is 22.5 Å². The molecule has 3 aliphatic rings. The van der Waals surface area contributed by atoms with Crippen LogP contribution in [0.2, 0.25) is 0 Å². The first-order chi connectivity index (χ1) is 23.7. The fourth-order valence-electron chi connectivity index (χ4n) is 6.03. The number of ether oxygens (including phenoxy) is 1. The van der Waals surface area contributed by atoms with Crippen molar-refractivity contribution in [3.05, 3.63) is 40.4 Å². The summed E-state index contributed by atoms with van der Waals surface area (Å²) in [4.78, 5) is 48.3. The topological polar surface area (TPSA) is 322 Å². The number of nitrogen functional groups attached to an aromatic ring is 1. The molecule has 11 N–H and O–H groups in total. The number of hydrogen-bond acceptors (Lipinski definition) is 16. The van der Waals surface area contributed by atoms with Crippen molar-refractivity contribution in [1.29, 1.82) is 5.41 Å². The number of carboxylic acid groups (broad SMARTS) is 1. The number of aryl methyl sites for hydroxylation is 1. The van der Waals surface area contributed by atoms with Crippen LogP contribution in [0.15, 0.2) is 28.7 Å². The van der Waals surface area contributed by atoms with Gasteiger partial charge < -0.3 is 47.0 Å². The lowest BCUT2D eigenvalue weighted by molar-refractivity contribution is -0.218. The molecule has 2 amide bonds. The number of benzene rings is 1. The number of aliphatic hydroxyl groups excluding tert-OH is 2. The van der Waals surface area contributed by atoms with Crippen molar-refractivity contribution in [2.45, 2.75) is 87.4 Å². The minimum Gasteiger partial charge on any atom is -0.485 e. The molecule has 1 aliphatic carbocycles. The molecule has 1 aromatic carbocycles. The Morgan fingerprint density at radius 3 is 2.57 bits per heavy atom. The number of nitrogens with one attached hydrogen (secondary N) is 3. The summed E-state index contributed by atoms with van der Waals surface area (Å²) in [5.74, 6) is -3.09. The number of aliphatic carboxylic acids is 1. The quantitative estimate of drug-likeness (QED) is 0.0375. The number of anilines is 1. The number of fused-ring (bicyclic) bond motifs is 1. The molecule has 1 saturated carbocycles. The van der Waals surface area contributed by atoms with E-state index >= 15 is 0 Å². The molecule has 5 rings (SSSR count). The maximum absolute atomic E-state index is 13.5. The standard InChI is InChI=1S/C29H38N8O12S2/c1-27(2)21(24(41)37(27)49-51(44,45)46)35-23(40)20(16-12-50-26(31)34-16)36-48-28(3,25(42)43)19-7-5-13-8-14(4-6-17(13)47-19)22(30)33-15-9-29(32,10-15)18(39)11-38/h4,6,8,12,15,18-19,21,38-39H,5,7,9-11,32H2,1-3H3,(H2,30,33)(H2,31,34)(H,35,40)(H,42,43)(H,44,45,46)/t15?,18-,19?,21?,28?,29?/m1/s1. The van der Waals surface area contributed by atoms with Gasteiger partial charge in [0.05, 0.1) is 18.2 Å². The van der Waals surface area contributed by atoms with Gasteiger partial charge >= 0.3 is 16.4 Å². The molecule has 2 aromatic rings. The number of carboxylic acids is 1. The number of β-lactam (4-membered cyclic amide) rings is 1. The van der Waals surface area contributed by atoms with Gasteiger partial charge in [0.2, 0.25) is 0 Å². The highest BCUT2D eigenvalue weighted by atomic mass is 32.3. The first kappa shape index (κ1) is 37.8. The monoisotopic (exact) mass is 754 g/mol. The van der Waals surface area contributed by atoms with Crippen LogP contribution in [-0.2, 0) is 40.3 Å². The predicted octanol–water partition coefficient (Wildman–Crippen LogP) is -1.35. The van der Waals surface area contributed by atoms with E-state index in [1.165, 1.54) is 26.2 Å². The molecule has 0 spiro atoms. The number of rotatable bonds is 13. The number of amidine groups is 1. The van der Waals surface area contributed by atoms with Crippen LogP contribution < -0.4 is 26.8 Å². The average Bonchev–Trinajstić information content (AvgIpc) is 3.48. The summed E-state index contributed by atoms with van der Waals surface area (Å²) in [6.45, 7) is 3.46. The van der Waals surface area contributed by atoms with Gasteiger partial charge in [0.15, 0.2) is 16.9 Å². The SMILES string of the molecule is CC(ON=C(C(=O)NC1C(=O)N(OS(=O)(=O)O)C1(C)C)c1csc(N)n1)(C(=O)O)C1CCc2cc(C(=N)NC3CC(N)([C@H](O)CO)C3)ccc2O1. The third-order valence-electron chi connectivity index (χ3n) is 9.20. The molecule has 278 valence electrons. The van der Waals surface area contributed by atoms with E-state index in [1.54, 1.807) is 18.2 Å². The maximum atomic E-state index is 13.5. The van der Waals surface area contributed by atoms with Gasteiger partial charge in [-0.2, -0.15) is 13.5 Å². The Bertz CT molecular complexity index is 1880. The van der Waals surface area contributed by atoms with Gasteiger partial charge in [0.1, 0.15) is 23.3 Å². The number of carbonyl (C=O) groups excluding carboxylic acids is 2. The lowest BCUT2D eigenvalue weighted by atomic mass is 9.70. The van der Waals surface area contributed by atoms with Crippen molar-refractivity contribution in [3.63, 3.8) is 0 Å². The molecule has 22 heteroatoms. The summed E-state index contributed by atoms with van der Waals surface area (Å²) in [5, 5.41) is 49.0. The molecule has 3 heterocycles. The Balaban J connectivity index is 1.30. The molecule has 51 heavy (non-hydrogen) atoms. The van der Waals surface area contributed by atoms with E-state index in [2.05, 4.69) is 25.1 Å². The van der Waals surface area contributed by atoms with Crippen LogP contribution in [0.25, 0.3) is 0 Å². The number of carbonyl (C=O) groups is 3. The highest BCUT2D eigenvalue weighted by Gasteiger charge is 2.58. The predicted molar refractivity (Wildman–Crippen MR) is 178 cm³/mol. The van der Waals surface area contributed by atoms with Crippen molar-refractivity contribution < 1.29 is 56.5 Å². The third kappa shape index (κ3) is 7.47. The van der Waals surface area contributed by atoms with Crippen molar-refractivity contribution in [2.24, 2.45) is 10.9 Å². The lowest BCUT2D eigenvalue weighted by Crippen LogP contribution is -2.76. The minimum absolute atomic E-state index is 0.0369. The van der Waals surface area contributed by atoms with Crippen molar-refractivity contribution in [3.8, 4) is 5.75 Å². The van der Waals surface area contributed by atoms with Crippen molar-refractivity contribution >= 4 is 56.2 Å². The number of hydrogen-bond donors (Lipinski definition) is 9. The molecule has 0 radical (unpaired) electrons. The summed E-state index contributed by atoms with van der Waals surface area (Å²) < 4.78 is 41.7. The van der Waals surface area contributed by atoms with Gasteiger partial charge in [-0.25, -0.2) is 9.78 Å². The summed E-state index contributed by atoms with van der Waals surface area (Å²) >= 11 is 0.944. The average molecular weight is 755 g/mol. The molecule has 20 nitrogen and oxygen atoms in total. The van der Waals surface area contributed by atoms with E-state index in [1.807, 2.05) is 0 Å². The number of hydroxylamine groups is 2. The molecule has 2 aliphatic heterocycles. The Morgan fingerprint density at radius 2 is 2.00 bits per heavy atom. The summed E-state index contributed by atoms with van der Waals surface area (Å²) in [6, 6.07) is 3.41. The molecule has 4 atom stereocenters. The first-order valence-corrected chi connectivity index (χ1v) is 17.7. The second-order valence-electron chi connectivity index (χ2n) is 13.2. The summed E-state index contributed by atoms with van der Waals surface area (Å²) in [6.07, 6.45) is -0.996. The number of thiazole rings is 1. The van der Waals surface area contributed by atoms with Gasteiger partial charge in [-0.3, -0.25) is 19.6 Å². The third-order valence-corrected chi connectivity index (χ3v) is 10.2. The second kappa shape index (κ2) is 13.6. The molecule has 2 fully saturated rings. The number of aromatic nitrogens is 1. The van der Waals surface area contributed by atoms with E-state index < -0.39 is 75.4 Å². The maximum Gasteiger partial charge on any atom is 0.418 e. The molecular formula is C29H38N8O12S2. The number of amides is 2. The molecule has 1 saturated heterocycles. The van der Waals surface area contributed by atoms with Crippen molar-refractivity contribution in [1.82, 2.24) is 20.7 Å². The number of oxime groups is 1. The van der Waals surface area contributed by atoms with Crippen LogP contribution in [0.1, 0.15) is 56.9 Å². The van der Waals surface area contributed by atoms with Crippen LogP contribution in [-0.4, -0.2) is 115 Å². The summed E-state index contributed by atoms with van der Waals surface area (Å²) in [7, 11) is -5.05. The van der Waals surface area contributed by atoms with Crippen LogP contribution in [0.4, 0.5) is 5.13 Å². The normalized spacial score (nSPS) is 25.9. The number of aliphatic hydroxyl groups is 2. The van der Waals surface area contributed by atoms with Crippen molar-refractivity contribution in [2.75, 3.05) is 12.3 Å². The van der Waals surface area contributed by atoms with E-state index in [4.69, 9.17) is 31.0 Å². The van der Waals surface area contributed by atoms with E-state index in [-0.39, 0.29) is 29.1 Å². The van der Waals surface area contributed by atoms with Crippen LogP contribution in [0.5, 0.6) is 5.75 Å². The van der Waals surface area contributed by atoms with E-state index in [0.29, 0.717) is 41.2 Å². The Morgan fingerprint density at radius 1 is 1.31 bits per heavy atom. The fourth-order valence-corrected chi connectivity index (χ4v) is 7.03. The fraction of sp³-hybridized carbons (Fsp3) is 0.517. The van der Waals surface area contributed by atoms with Crippen LogP contribution >= 0.6 is 11.3 Å². The zero-order valence-electron chi connectivity index (χ0n) is 27.5. The number of nitrogens with two attached hydrogens (primary N) is 2. The zero-order chi connectivity index (χ0) is 37.7. The molecule has 3 unspecified atom stereocenters. The highest BCUT2D eigenvalue weighted by Crippen LogP contribution is 2.36. The largest absolute Gasteiger partial charge is 0.485 e. The Hall–Kier alpha value is -4.45. The summed E-state index contributed by atoms with van der Waals surface area (Å²) in [5.41, 5.74) is 7.87. The van der Waals surface area contributed by atoms with E-state index in [9.17, 15) is 38.1 Å². The van der Waals surface area contributed by atoms with Gasteiger partial charge in [-0.1, -0.05) is 5.16 Å². The molecule has 0 bridgehead atoms.